The third-order valence-electron chi connectivity index (χ3n) is 6.44. The highest BCUT2D eigenvalue weighted by Gasteiger charge is 2.39. The molecule has 2 fully saturated rings. The van der Waals surface area contributed by atoms with Crippen LogP contribution in [-0.2, 0) is 12.4 Å². The largest absolute Gasteiger partial charge is 0.433 e. The average molecular weight is 500 g/mol. The van der Waals surface area contributed by atoms with Gasteiger partial charge in [-0.15, -0.1) is 0 Å². The Morgan fingerprint density at radius 3 is 1.86 bits per heavy atom. The Kier molecular flexibility index (Phi) is 7.14. The van der Waals surface area contributed by atoms with Crippen molar-refractivity contribution in [3.63, 3.8) is 0 Å². The molecule has 0 atom stereocenters. The first-order valence-corrected chi connectivity index (χ1v) is 11.6. The third kappa shape index (κ3) is 6.37. The van der Waals surface area contributed by atoms with Crippen LogP contribution in [0.4, 0.5) is 37.7 Å². The summed E-state index contributed by atoms with van der Waals surface area (Å²) in [6, 6.07) is 8.19. The molecule has 0 radical (unpaired) electrons. The zero-order chi connectivity index (χ0) is 25.2. The van der Waals surface area contributed by atoms with Gasteiger partial charge in [-0.05, 0) is 74.9 Å². The number of pyridine rings is 1. The lowest BCUT2D eigenvalue weighted by atomic mass is 9.90. The summed E-state index contributed by atoms with van der Waals surface area (Å²) in [6.07, 6.45) is -5.58. The maximum Gasteiger partial charge on any atom is 0.433 e. The van der Waals surface area contributed by atoms with Gasteiger partial charge < -0.3 is 15.5 Å². The monoisotopic (exact) mass is 500 g/mol. The van der Waals surface area contributed by atoms with Gasteiger partial charge in [0.05, 0.1) is 0 Å². The minimum Gasteiger partial charge on any atom is -0.382 e. The van der Waals surface area contributed by atoms with Crippen molar-refractivity contribution >= 4 is 17.3 Å². The molecule has 1 aromatic carbocycles. The molecule has 2 heterocycles. The normalized spacial score (nSPS) is 21.1. The molecule has 2 N–H and O–H groups in total. The molecule has 0 unspecified atom stereocenters. The molecule has 1 saturated heterocycles. The molecule has 35 heavy (non-hydrogen) atoms. The van der Waals surface area contributed by atoms with Crippen LogP contribution in [0, 0.1) is 0 Å². The highest BCUT2D eigenvalue weighted by Crippen LogP contribution is 2.35. The number of carbonyl (C=O) groups excluding carboxylic acids is 1. The molecule has 1 amide bonds. The lowest BCUT2D eigenvalue weighted by Gasteiger charge is -2.30. The van der Waals surface area contributed by atoms with Crippen LogP contribution in [-0.4, -0.2) is 36.1 Å². The molecule has 1 saturated carbocycles. The summed E-state index contributed by atoms with van der Waals surface area (Å²) in [4.78, 5) is 17.6. The van der Waals surface area contributed by atoms with E-state index in [9.17, 15) is 31.1 Å². The second-order valence-electron chi connectivity index (χ2n) is 9.03. The lowest BCUT2D eigenvalue weighted by Crippen LogP contribution is -2.40. The van der Waals surface area contributed by atoms with E-state index in [0.29, 0.717) is 43.4 Å². The fourth-order valence-electron chi connectivity index (χ4n) is 4.59. The Balaban J connectivity index is 1.32. The van der Waals surface area contributed by atoms with E-state index in [4.69, 9.17) is 0 Å². The first kappa shape index (κ1) is 25.1. The summed E-state index contributed by atoms with van der Waals surface area (Å²) < 4.78 is 78.2. The summed E-state index contributed by atoms with van der Waals surface area (Å²) in [5.74, 6) is -0.201. The Hall–Kier alpha value is -2.98. The maximum absolute atomic E-state index is 13.0. The number of hydrogen-bond donors (Lipinski definition) is 2. The summed E-state index contributed by atoms with van der Waals surface area (Å²) in [7, 11) is 0. The van der Waals surface area contributed by atoms with Crippen molar-refractivity contribution in [3.05, 3.63) is 53.3 Å². The van der Waals surface area contributed by atoms with E-state index < -0.39 is 23.7 Å². The van der Waals surface area contributed by atoms with Crippen LogP contribution < -0.4 is 15.5 Å². The summed E-state index contributed by atoms with van der Waals surface area (Å²) in [5, 5.41) is 5.77. The third-order valence-corrected chi connectivity index (χ3v) is 6.44. The predicted octanol–water partition coefficient (Wildman–Crippen LogP) is 5.87. The Bertz CT molecular complexity index is 992. The Morgan fingerprint density at radius 1 is 0.829 bits per heavy atom. The van der Waals surface area contributed by atoms with Gasteiger partial charge in [0, 0.05) is 42.1 Å². The van der Waals surface area contributed by atoms with Gasteiger partial charge in [0.1, 0.15) is 11.4 Å². The van der Waals surface area contributed by atoms with Crippen molar-refractivity contribution in [3.8, 4) is 0 Å². The van der Waals surface area contributed by atoms with Crippen molar-refractivity contribution in [2.45, 2.75) is 63.0 Å². The molecule has 1 aliphatic heterocycles. The summed E-state index contributed by atoms with van der Waals surface area (Å²) >= 11 is 0. The van der Waals surface area contributed by atoms with E-state index >= 15 is 0 Å². The number of rotatable bonds is 5. The minimum absolute atomic E-state index is 0.118. The van der Waals surface area contributed by atoms with E-state index in [-0.39, 0.29) is 23.7 Å². The molecular formula is C24H26F6N4O. The fourth-order valence-corrected chi connectivity index (χ4v) is 4.59. The first-order valence-electron chi connectivity index (χ1n) is 11.6. The number of alkyl halides is 6. The van der Waals surface area contributed by atoms with Crippen molar-refractivity contribution in [2.75, 3.05) is 23.3 Å². The van der Waals surface area contributed by atoms with Crippen LogP contribution in [0.2, 0.25) is 0 Å². The van der Waals surface area contributed by atoms with Crippen LogP contribution in [0.3, 0.4) is 0 Å². The van der Waals surface area contributed by atoms with E-state index in [2.05, 4.69) is 20.5 Å². The molecule has 0 spiro atoms. The van der Waals surface area contributed by atoms with Crippen LogP contribution in [0.15, 0.2) is 36.4 Å². The molecule has 0 bridgehead atoms. The SMILES string of the molecule is O=C(N[C@H]1CC[C@@H](Nc2cc(C(F)(F)F)nc(C(F)(F)F)c2)CC1)c1ccc(N2CCCC2)cc1. The summed E-state index contributed by atoms with van der Waals surface area (Å²) in [6.45, 7) is 2.02. The molecule has 4 rings (SSSR count). The zero-order valence-corrected chi connectivity index (χ0v) is 18.8. The van der Waals surface area contributed by atoms with Crippen LogP contribution in [0.25, 0.3) is 0 Å². The first-order chi connectivity index (χ1) is 16.5. The molecular weight excluding hydrogens is 474 g/mol. The molecule has 5 nitrogen and oxygen atoms in total. The van der Waals surface area contributed by atoms with Gasteiger partial charge >= 0.3 is 12.4 Å². The number of benzene rings is 1. The standard InChI is InChI=1S/C24H26F6N4O/c25-23(26,27)20-13-18(14-21(33-20)24(28,29)30)31-16-5-7-17(8-6-16)32-22(35)15-3-9-19(10-4-15)34-11-1-2-12-34/h3-4,9-10,13-14,16-17H,1-2,5-8,11-12H2,(H,31,33)(H,32,35)/t16-,17+. The molecule has 190 valence electrons. The van der Waals surface area contributed by atoms with Gasteiger partial charge in [-0.1, -0.05) is 0 Å². The Labute approximate surface area is 198 Å². The number of amides is 1. The molecule has 1 aromatic heterocycles. The molecule has 1 aliphatic carbocycles. The second kappa shape index (κ2) is 9.94. The number of anilines is 2. The number of halogens is 6. The van der Waals surface area contributed by atoms with Crippen molar-refractivity contribution in [1.29, 1.82) is 0 Å². The van der Waals surface area contributed by atoms with Gasteiger partial charge in [0.25, 0.3) is 5.91 Å². The highest BCUT2D eigenvalue weighted by atomic mass is 19.4. The topological polar surface area (TPSA) is 57.3 Å². The van der Waals surface area contributed by atoms with Crippen molar-refractivity contribution in [2.24, 2.45) is 0 Å². The van der Waals surface area contributed by atoms with E-state index in [1.165, 1.54) is 0 Å². The van der Waals surface area contributed by atoms with Crippen LogP contribution in [0.5, 0.6) is 0 Å². The number of nitrogens with zero attached hydrogens (tertiary/aromatic N) is 2. The quantitative estimate of drug-likeness (QED) is 0.504. The highest BCUT2D eigenvalue weighted by molar-refractivity contribution is 5.94. The molecule has 2 aliphatic rings. The lowest BCUT2D eigenvalue weighted by molar-refractivity contribution is -0.150. The fraction of sp³-hybridized carbons (Fsp3) is 0.500. The maximum atomic E-state index is 13.0. The second-order valence-corrected chi connectivity index (χ2v) is 9.03. The van der Waals surface area contributed by atoms with Gasteiger partial charge in [-0.3, -0.25) is 4.79 Å². The van der Waals surface area contributed by atoms with Gasteiger partial charge in [-0.2, -0.15) is 26.3 Å². The van der Waals surface area contributed by atoms with Crippen LogP contribution in [0.1, 0.15) is 60.3 Å². The Morgan fingerprint density at radius 2 is 1.34 bits per heavy atom. The van der Waals surface area contributed by atoms with Gasteiger partial charge in [0.2, 0.25) is 0 Å². The van der Waals surface area contributed by atoms with E-state index in [1.807, 2.05) is 12.1 Å². The smallest absolute Gasteiger partial charge is 0.382 e. The minimum atomic E-state index is -4.99. The summed E-state index contributed by atoms with van der Waals surface area (Å²) in [5.41, 5.74) is -1.82. The predicted molar refractivity (Wildman–Crippen MR) is 119 cm³/mol. The van der Waals surface area contributed by atoms with E-state index in [1.54, 1.807) is 12.1 Å². The van der Waals surface area contributed by atoms with Gasteiger partial charge in [0.15, 0.2) is 0 Å². The zero-order valence-electron chi connectivity index (χ0n) is 18.8. The number of hydrogen-bond acceptors (Lipinski definition) is 4. The molecule has 2 aromatic rings. The van der Waals surface area contributed by atoms with E-state index in [0.717, 1.165) is 31.6 Å². The number of nitrogens with one attached hydrogen (secondary N) is 2. The van der Waals surface area contributed by atoms with Crippen molar-refractivity contribution < 1.29 is 31.1 Å². The average Bonchev–Trinajstić information content (AvgIpc) is 3.34. The van der Waals surface area contributed by atoms with Crippen LogP contribution >= 0.6 is 0 Å². The van der Waals surface area contributed by atoms with Crippen molar-refractivity contribution in [1.82, 2.24) is 10.3 Å². The number of aromatic nitrogens is 1. The van der Waals surface area contributed by atoms with Gasteiger partial charge in [-0.25, -0.2) is 4.98 Å². The number of carbonyl (C=O) groups is 1. The molecule has 11 heteroatoms.